The molecule has 2 N–H and O–H groups in total. The number of aromatic nitrogens is 2. The van der Waals surface area contributed by atoms with Crippen LogP contribution in [0.4, 0.5) is 5.69 Å². The highest BCUT2D eigenvalue weighted by Gasteiger charge is 2.17. The summed E-state index contributed by atoms with van der Waals surface area (Å²) in [5, 5.41) is 13.5. The van der Waals surface area contributed by atoms with Crippen LogP contribution in [-0.2, 0) is 6.42 Å². The first-order valence-electron chi connectivity index (χ1n) is 6.19. The summed E-state index contributed by atoms with van der Waals surface area (Å²) in [7, 11) is 1.32. The minimum absolute atomic E-state index is 0.0567. The molecule has 0 radical (unpaired) electrons. The summed E-state index contributed by atoms with van der Waals surface area (Å²) in [5.74, 6) is -0.260. The van der Waals surface area contributed by atoms with E-state index in [4.69, 9.17) is 4.74 Å². The number of aromatic amines is 1. The normalized spacial score (nSPS) is 10.1. The predicted octanol–water partition coefficient (Wildman–Crippen LogP) is 1.30. The minimum atomic E-state index is -0.557. The third-order valence-corrected chi connectivity index (χ3v) is 2.87. The Kier molecular flexibility index (Phi) is 4.50. The number of rotatable bonds is 6. The molecule has 21 heavy (non-hydrogen) atoms. The average molecular weight is 290 g/mol. The molecule has 0 spiro atoms. The molecule has 1 aromatic heterocycles. The Morgan fingerprint density at radius 3 is 2.95 bits per heavy atom. The fraction of sp³-hybridized carbons (Fsp3) is 0.231. The fourth-order valence-electron chi connectivity index (χ4n) is 1.80. The van der Waals surface area contributed by atoms with Crippen LogP contribution in [0.1, 0.15) is 16.1 Å². The number of hydrogen-bond donors (Lipinski definition) is 2. The topological polar surface area (TPSA) is 110 Å². The molecule has 0 saturated carbocycles. The molecule has 0 saturated heterocycles. The summed E-state index contributed by atoms with van der Waals surface area (Å²) in [6.45, 7) is 0.431. The molecule has 0 aliphatic rings. The lowest BCUT2D eigenvalue weighted by atomic mass is 10.1. The Labute approximate surface area is 120 Å². The SMILES string of the molecule is COc1cc(C(=O)NCCc2cnc[nH]2)ccc1[N+](=O)[O-]. The van der Waals surface area contributed by atoms with E-state index in [2.05, 4.69) is 15.3 Å². The number of nitro groups is 1. The van der Waals surface area contributed by atoms with Crippen LogP contribution >= 0.6 is 0 Å². The molecule has 0 aliphatic carbocycles. The van der Waals surface area contributed by atoms with Crippen LogP contribution < -0.4 is 10.1 Å². The summed E-state index contributed by atoms with van der Waals surface area (Å²) in [6, 6.07) is 4.00. The van der Waals surface area contributed by atoms with Gasteiger partial charge < -0.3 is 15.0 Å². The summed E-state index contributed by atoms with van der Waals surface area (Å²) >= 11 is 0. The lowest BCUT2D eigenvalue weighted by molar-refractivity contribution is -0.385. The Morgan fingerprint density at radius 1 is 1.52 bits per heavy atom. The van der Waals surface area contributed by atoms with Crippen molar-refractivity contribution in [1.82, 2.24) is 15.3 Å². The highest BCUT2D eigenvalue weighted by molar-refractivity contribution is 5.95. The van der Waals surface area contributed by atoms with Gasteiger partial charge in [0.2, 0.25) is 0 Å². The van der Waals surface area contributed by atoms with E-state index in [9.17, 15) is 14.9 Å². The number of methoxy groups -OCH3 is 1. The number of amides is 1. The Bertz CT molecular complexity index is 640. The van der Waals surface area contributed by atoms with Crippen molar-refractivity contribution in [2.24, 2.45) is 0 Å². The van der Waals surface area contributed by atoms with E-state index in [-0.39, 0.29) is 17.3 Å². The third kappa shape index (κ3) is 3.56. The molecule has 0 bridgehead atoms. The first-order chi connectivity index (χ1) is 10.1. The molecule has 0 atom stereocenters. The van der Waals surface area contributed by atoms with Crippen molar-refractivity contribution in [3.05, 3.63) is 52.1 Å². The molecule has 8 heteroatoms. The highest BCUT2D eigenvalue weighted by Crippen LogP contribution is 2.27. The van der Waals surface area contributed by atoms with Gasteiger partial charge in [-0.15, -0.1) is 0 Å². The maximum atomic E-state index is 12.0. The van der Waals surface area contributed by atoms with Crippen molar-refractivity contribution < 1.29 is 14.5 Å². The number of ether oxygens (including phenoxy) is 1. The lowest BCUT2D eigenvalue weighted by Crippen LogP contribution is -2.25. The molecule has 110 valence electrons. The van der Waals surface area contributed by atoms with Gasteiger partial charge in [0, 0.05) is 42.6 Å². The minimum Gasteiger partial charge on any atom is -0.490 e. The van der Waals surface area contributed by atoms with Gasteiger partial charge in [0.05, 0.1) is 18.4 Å². The van der Waals surface area contributed by atoms with E-state index in [1.165, 1.54) is 25.3 Å². The molecular weight excluding hydrogens is 276 g/mol. The highest BCUT2D eigenvalue weighted by atomic mass is 16.6. The van der Waals surface area contributed by atoms with Gasteiger partial charge in [-0.3, -0.25) is 14.9 Å². The smallest absolute Gasteiger partial charge is 0.310 e. The molecule has 0 aliphatic heterocycles. The van der Waals surface area contributed by atoms with Crippen molar-refractivity contribution in [3.8, 4) is 5.75 Å². The summed E-state index contributed by atoms with van der Waals surface area (Å²) in [6.07, 6.45) is 3.87. The Morgan fingerprint density at radius 2 is 2.33 bits per heavy atom. The van der Waals surface area contributed by atoms with Gasteiger partial charge in [0.25, 0.3) is 5.91 Å². The van der Waals surface area contributed by atoms with Gasteiger partial charge in [0.15, 0.2) is 5.75 Å². The number of nitro benzene ring substituents is 1. The summed E-state index contributed by atoms with van der Waals surface area (Å²) in [5.41, 5.74) is 1.05. The van der Waals surface area contributed by atoms with E-state index < -0.39 is 4.92 Å². The molecule has 1 heterocycles. The van der Waals surface area contributed by atoms with Crippen molar-refractivity contribution in [1.29, 1.82) is 0 Å². The molecular formula is C13H14N4O4. The van der Waals surface area contributed by atoms with Gasteiger partial charge in [-0.2, -0.15) is 0 Å². The van der Waals surface area contributed by atoms with Gasteiger partial charge in [-0.1, -0.05) is 0 Å². The predicted molar refractivity (Wildman–Crippen MR) is 74.3 cm³/mol. The van der Waals surface area contributed by atoms with Crippen LogP contribution in [-0.4, -0.2) is 34.5 Å². The first kappa shape index (κ1) is 14.5. The summed E-state index contributed by atoms with van der Waals surface area (Å²) in [4.78, 5) is 29.0. The maximum Gasteiger partial charge on any atom is 0.310 e. The summed E-state index contributed by atoms with van der Waals surface area (Å²) < 4.78 is 4.93. The number of H-pyrrole nitrogens is 1. The van der Waals surface area contributed by atoms with Crippen molar-refractivity contribution >= 4 is 11.6 Å². The van der Waals surface area contributed by atoms with Crippen LogP contribution in [0.5, 0.6) is 5.75 Å². The van der Waals surface area contributed by atoms with Gasteiger partial charge >= 0.3 is 5.69 Å². The Balaban J connectivity index is 2.00. The first-order valence-corrected chi connectivity index (χ1v) is 6.19. The molecule has 0 fully saturated rings. The van der Waals surface area contributed by atoms with Crippen LogP contribution in [0.15, 0.2) is 30.7 Å². The van der Waals surface area contributed by atoms with Crippen LogP contribution in [0, 0.1) is 10.1 Å². The van der Waals surface area contributed by atoms with Crippen LogP contribution in [0.3, 0.4) is 0 Å². The monoisotopic (exact) mass is 290 g/mol. The third-order valence-electron chi connectivity index (χ3n) is 2.87. The Hall–Kier alpha value is -2.90. The number of hydrogen-bond acceptors (Lipinski definition) is 5. The van der Waals surface area contributed by atoms with E-state index in [1.807, 2.05) is 0 Å². The van der Waals surface area contributed by atoms with Crippen molar-refractivity contribution in [3.63, 3.8) is 0 Å². The number of imidazole rings is 1. The van der Waals surface area contributed by atoms with E-state index >= 15 is 0 Å². The zero-order chi connectivity index (χ0) is 15.2. The van der Waals surface area contributed by atoms with Crippen LogP contribution in [0.25, 0.3) is 0 Å². The quantitative estimate of drug-likeness (QED) is 0.615. The maximum absolute atomic E-state index is 12.0. The van der Waals surface area contributed by atoms with Crippen molar-refractivity contribution in [2.75, 3.05) is 13.7 Å². The fourth-order valence-corrected chi connectivity index (χ4v) is 1.80. The molecule has 2 aromatic rings. The van der Waals surface area contributed by atoms with Crippen molar-refractivity contribution in [2.45, 2.75) is 6.42 Å². The van der Waals surface area contributed by atoms with Gasteiger partial charge in [-0.25, -0.2) is 4.98 Å². The van der Waals surface area contributed by atoms with Gasteiger partial charge in [-0.05, 0) is 6.07 Å². The second-order valence-electron chi connectivity index (χ2n) is 4.23. The molecule has 1 aromatic carbocycles. The number of benzene rings is 1. The zero-order valence-corrected chi connectivity index (χ0v) is 11.3. The lowest BCUT2D eigenvalue weighted by Gasteiger charge is -2.06. The van der Waals surface area contributed by atoms with Gasteiger partial charge in [0.1, 0.15) is 0 Å². The number of nitrogens with one attached hydrogen (secondary N) is 2. The standard InChI is InChI=1S/C13H14N4O4/c1-21-12-6-9(2-3-11(12)17(19)20)13(18)15-5-4-10-7-14-8-16-10/h2-3,6-8H,4-5H2,1H3,(H,14,16)(H,15,18). The zero-order valence-electron chi connectivity index (χ0n) is 11.3. The largest absolute Gasteiger partial charge is 0.490 e. The number of nitrogens with zero attached hydrogens (tertiary/aromatic N) is 2. The molecule has 2 rings (SSSR count). The number of carbonyl (C=O) groups is 1. The second kappa shape index (κ2) is 6.51. The van der Waals surface area contributed by atoms with Crippen LogP contribution in [0.2, 0.25) is 0 Å². The number of carbonyl (C=O) groups excluding carboxylic acids is 1. The molecule has 0 unspecified atom stereocenters. The van der Waals surface area contributed by atoms with E-state index in [0.29, 0.717) is 18.5 Å². The average Bonchev–Trinajstić information content (AvgIpc) is 2.99. The van der Waals surface area contributed by atoms with E-state index in [0.717, 1.165) is 5.69 Å². The molecule has 8 nitrogen and oxygen atoms in total. The van der Waals surface area contributed by atoms with E-state index in [1.54, 1.807) is 12.5 Å². The molecule has 1 amide bonds. The second-order valence-corrected chi connectivity index (χ2v) is 4.23.